The Morgan fingerprint density at radius 1 is 1.44 bits per heavy atom. The summed E-state index contributed by atoms with van der Waals surface area (Å²) in [5, 5.41) is 2.00. The van der Waals surface area contributed by atoms with Crippen LogP contribution < -0.4 is 17.2 Å². The average molecular weight is 239 g/mol. The van der Waals surface area contributed by atoms with E-state index in [0.29, 0.717) is 5.92 Å². The SMILES string of the molecule is N.N/C=C(\NCC(F)(F)F)C(=O)CC1CC1. The third kappa shape index (κ3) is 5.59. The standard InChI is InChI=1S/C9H13F3N2O.H3N/c10-9(11,12)5-14-7(4-13)8(15)3-6-1-2-6;/h4,6,14H,1-3,5,13H2;1H3/b7-4-;. The summed E-state index contributed by atoms with van der Waals surface area (Å²) >= 11 is 0. The van der Waals surface area contributed by atoms with E-state index in [0.717, 1.165) is 19.0 Å². The highest BCUT2D eigenvalue weighted by molar-refractivity contribution is 5.94. The zero-order valence-corrected chi connectivity index (χ0v) is 8.81. The second-order valence-corrected chi connectivity index (χ2v) is 3.62. The highest BCUT2D eigenvalue weighted by atomic mass is 19.4. The Bertz CT molecular complexity index is 272. The van der Waals surface area contributed by atoms with Crippen molar-refractivity contribution in [2.45, 2.75) is 25.4 Å². The first kappa shape index (κ1) is 14.8. The lowest BCUT2D eigenvalue weighted by molar-refractivity contribution is -0.125. The predicted octanol–water partition coefficient (Wildman–Crippen LogP) is 1.47. The number of carbonyl (C=O) groups is 1. The molecule has 6 N–H and O–H groups in total. The molecule has 0 amide bonds. The molecule has 0 aromatic heterocycles. The first-order valence-electron chi connectivity index (χ1n) is 4.68. The maximum Gasteiger partial charge on any atom is 0.405 e. The van der Waals surface area contributed by atoms with Crippen LogP contribution in [0.2, 0.25) is 0 Å². The molecule has 1 rings (SSSR count). The molecule has 0 radical (unpaired) electrons. The molecule has 1 fully saturated rings. The molecule has 0 aromatic rings. The van der Waals surface area contributed by atoms with Crippen LogP contribution in [0.4, 0.5) is 13.2 Å². The normalized spacial score (nSPS) is 16.6. The number of Topliss-reactive ketones (excluding diaryl/α,β-unsaturated/α-hetero) is 1. The molecule has 1 aliphatic carbocycles. The number of alkyl halides is 3. The van der Waals surface area contributed by atoms with Crippen molar-refractivity contribution in [3.05, 3.63) is 11.9 Å². The molecule has 0 aliphatic heterocycles. The highest BCUT2D eigenvalue weighted by Gasteiger charge is 2.29. The van der Waals surface area contributed by atoms with E-state index in [2.05, 4.69) is 0 Å². The Hall–Kier alpha value is -1.24. The number of carbonyl (C=O) groups excluding carboxylic acids is 1. The average Bonchev–Trinajstić information content (AvgIpc) is 2.87. The minimum atomic E-state index is -4.34. The second-order valence-electron chi connectivity index (χ2n) is 3.62. The van der Waals surface area contributed by atoms with Crippen LogP contribution in [0, 0.1) is 5.92 Å². The molecule has 1 aliphatic rings. The summed E-state index contributed by atoms with van der Waals surface area (Å²) in [5.41, 5.74) is 4.95. The lowest BCUT2D eigenvalue weighted by Gasteiger charge is -2.11. The van der Waals surface area contributed by atoms with Crippen LogP contribution in [0.25, 0.3) is 0 Å². The van der Waals surface area contributed by atoms with E-state index < -0.39 is 12.7 Å². The van der Waals surface area contributed by atoms with Crippen molar-refractivity contribution in [3.63, 3.8) is 0 Å². The lowest BCUT2D eigenvalue weighted by Crippen LogP contribution is -2.31. The Balaban J connectivity index is 0.00000225. The Kier molecular flexibility index (Phi) is 5.29. The summed E-state index contributed by atoms with van der Waals surface area (Å²) in [6.45, 7) is -1.23. The van der Waals surface area contributed by atoms with Crippen LogP contribution in [0.1, 0.15) is 19.3 Å². The van der Waals surface area contributed by atoms with E-state index in [9.17, 15) is 18.0 Å². The Morgan fingerprint density at radius 3 is 2.38 bits per heavy atom. The fourth-order valence-electron chi connectivity index (χ4n) is 1.14. The molecule has 0 spiro atoms. The van der Waals surface area contributed by atoms with Gasteiger partial charge < -0.3 is 17.2 Å². The third-order valence-corrected chi connectivity index (χ3v) is 2.12. The van der Waals surface area contributed by atoms with Gasteiger partial charge in [-0.05, 0) is 18.8 Å². The van der Waals surface area contributed by atoms with Gasteiger partial charge in [0.25, 0.3) is 0 Å². The van der Waals surface area contributed by atoms with E-state index in [4.69, 9.17) is 5.73 Å². The van der Waals surface area contributed by atoms with Gasteiger partial charge in [-0.3, -0.25) is 4.79 Å². The van der Waals surface area contributed by atoms with Gasteiger partial charge in [-0.2, -0.15) is 13.2 Å². The van der Waals surface area contributed by atoms with E-state index in [-0.39, 0.29) is 24.1 Å². The minimum Gasteiger partial charge on any atom is -0.403 e. The fraction of sp³-hybridized carbons (Fsp3) is 0.667. The van der Waals surface area contributed by atoms with Crippen LogP contribution >= 0.6 is 0 Å². The number of nitrogens with one attached hydrogen (secondary N) is 1. The molecule has 0 saturated heterocycles. The molecule has 16 heavy (non-hydrogen) atoms. The molecule has 7 heteroatoms. The maximum atomic E-state index is 11.8. The molecule has 94 valence electrons. The van der Waals surface area contributed by atoms with E-state index in [1.54, 1.807) is 0 Å². The summed E-state index contributed by atoms with van der Waals surface area (Å²) in [6, 6.07) is 0. The summed E-state index contributed by atoms with van der Waals surface area (Å²) in [6.07, 6.45) is -1.20. The predicted molar refractivity (Wildman–Crippen MR) is 53.7 cm³/mol. The Labute approximate surface area is 91.6 Å². The number of nitrogens with two attached hydrogens (primary N) is 1. The van der Waals surface area contributed by atoms with Gasteiger partial charge in [-0.25, -0.2) is 0 Å². The van der Waals surface area contributed by atoms with Gasteiger partial charge in [0.15, 0.2) is 5.78 Å². The third-order valence-electron chi connectivity index (χ3n) is 2.12. The highest BCUT2D eigenvalue weighted by Crippen LogP contribution is 2.33. The van der Waals surface area contributed by atoms with Crippen LogP contribution in [0.5, 0.6) is 0 Å². The fourth-order valence-corrected chi connectivity index (χ4v) is 1.14. The topological polar surface area (TPSA) is 90.1 Å². The van der Waals surface area contributed by atoms with Gasteiger partial charge in [0, 0.05) is 12.6 Å². The van der Waals surface area contributed by atoms with Gasteiger partial charge in [-0.1, -0.05) is 0 Å². The molecular weight excluding hydrogens is 223 g/mol. The second kappa shape index (κ2) is 5.74. The molecule has 1 saturated carbocycles. The van der Waals surface area contributed by atoms with Crippen LogP contribution in [0.3, 0.4) is 0 Å². The largest absolute Gasteiger partial charge is 0.405 e. The molecular formula is C9H16F3N3O. The van der Waals surface area contributed by atoms with Crippen molar-refractivity contribution < 1.29 is 18.0 Å². The van der Waals surface area contributed by atoms with E-state index >= 15 is 0 Å². The van der Waals surface area contributed by atoms with E-state index in [1.807, 2.05) is 5.32 Å². The van der Waals surface area contributed by atoms with Crippen LogP contribution in [-0.4, -0.2) is 18.5 Å². The van der Waals surface area contributed by atoms with Gasteiger partial charge >= 0.3 is 6.18 Å². The van der Waals surface area contributed by atoms with Gasteiger partial charge in [-0.15, -0.1) is 0 Å². The minimum absolute atomic E-state index is 0. The zero-order valence-electron chi connectivity index (χ0n) is 8.81. The number of hydrogen-bond acceptors (Lipinski definition) is 4. The summed E-state index contributed by atoms with van der Waals surface area (Å²) in [7, 11) is 0. The van der Waals surface area contributed by atoms with Gasteiger partial charge in [0.1, 0.15) is 6.54 Å². The van der Waals surface area contributed by atoms with E-state index in [1.165, 1.54) is 0 Å². The molecule has 0 aromatic carbocycles. The number of hydrogen-bond donors (Lipinski definition) is 3. The summed E-state index contributed by atoms with van der Waals surface area (Å²) in [5.74, 6) is -0.00983. The van der Waals surface area contributed by atoms with Crippen molar-refractivity contribution in [2.75, 3.05) is 6.54 Å². The first-order valence-corrected chi connectivity index (χ1v) is 4.68. The van der Waals surface area contributed by atoms with Crippen LogP contribution in [-0.2, 0) is 4.79 Å². The molecule has 0 bridgehead atoms. The maximum absolute atomic E-state index is 11.8. The Morgan fingerprint density at radius 2 is 2.00 bits per heavy atom. The number of halogens is 3. The number of allylic oxidation sites excluding steroid dienone is 1. The van der Waals surface area contributed by atoms with Crippen molar-refractivity contribution in [3.8, 4) is 0 Å². The molecule has 0 atom stereocenters. The zero-order chi connectivity index (χ0) is 11.5. The summed E-state index contributed by atoms with van der Waals surface area (Å²) in [4.78, 5) is 11.4. The number of rotatable bonds is 5. The van der Waals surface area contributed by atoms with Gasteiger partial charge in [0.2, 0.25) is 0 Å². The summed E-state index contributed by atoms with van der Waals surface area (Å²) < 4.78 is 35.5. The van der Waals surface area contributed by atoms with Crippen molar-refractivity contribution in [1.29, 1.82) is 0 Å². The van der Waals surface area contributed by atoms with Crippen molar-refractivity contribution >= 4 is 5.78 Å². The number of ketones is 1. The first-order chi connectivity index (χ1) is 6.92. The molecule has 4 nitrogen and oxygen atoms in total. The van der Waals surface area contributed by atoms with Crippen LogP contribution in [0.15, 0.2) is 11.9 Å². The monoisotopic (exact) mass is 239 g/mol. The quantitative estimate of drug-likeness (QED) is 0.634. The molecule has 0 heterocycles. The lowest BCUT2D eigenvalue weighted by atomic mass is 10.1. The van der Waals surface area contributed by atoms with Crippen molar-refractivity contribution in [1.82, 2.24) is 11.5 Å². The molecule has 0 unspecified atom stereocenters. The van der Waals surface area contributed by atoms with Gasteiger partial charge in [0.05, 0.1) is 5.70 Å². The van der Waals surface area contributed by atoms with Crippen molar-refractivity contribution in [2.24, 2.45) is 11.7 Å². The smallest absolute Gasteiger partial charge is 0.403 e.